The monoisotopic (exact) mass is 424 g/mol. The van der Waals surface area contributed by atoms with Crippen molar-refractivity contribution in [2.24, 2.45) is 4.99 Å². The lowest BCUT2D eigenvalue weighted by Crippen LogP contribution is -2.23. The van der Waals surface area contributed by atoms with Gasteiger partial charge in [-0.3, -0.25) is 19.8 Å². The van der Waals surface area contributed by atoms with Gasteiger partial charge in [0.15, 0.2) is 0 Å². The van der Waals surface area contributed by atoms with Gasteiger partial charge < -0.3 is 4.52 Å². The van der Waals surface area contributed by atoms with Gasteiger partial charge >= 0.3 is 0 Å². The van der Waals surface area contributed by atoms with Crippen molar-refractivity contribution >= 4 is 27.7 Å². The number of aliphatic imine (C=N–C) groups is 1. The minimum Gasteiger partial charge on any atom is -0.338 e. The van der Waals surface area contributed by atoms with Crippen LogP contribution >= 0.6 is 0 Å². The van der Waals surface area contributed by atoms with Crippen molar-refractivity contribution in [2.45, 2.75) is 24.7 Å². The van der Waals surface area contributed by atoms with Crippen LogP contribution in [-0.2, 0) is 21.2 Å². The SMILES string of the molecule is CCc1ccc(-c2cc(NC(=O)CCN=C3NS(=O)(=O)c4ccccc43)on2)cc1. The summed E-state index contributed by atoms with van der Waals surface area (Å²) in [6, 6.07) is 16.2. The molecule has 8 nitrogen and oxygen atoms in total. The van der Waals surface area contributed by atoms with E-state index in [0.717, 1.165) is 12.0 Å². The van der Waals surface area contributed by atoms with Crippen LogP contribution in [0, 0.1) is 0 Å². The predicted molar refractivity (Wildman–Crippen MR) is 113 cm³/mol. The molecule has 0 bridgehead atoms. The van der Waals surface area contributed by atoms with E-state index in [-0.39, 0.29) is 35.5 Å². The number of carbonyl (C=O) groups excluding carboxylic acids is 1. The summed E-state index contributed by atoms with van der Waals surface area (Å²) in [5.74, 6) is 0.183. The van der Waals surface area contributed by atoms with Crippen molar-refractivity contribution in [3.05, 3.63) is 65.7 Å². The first-order chi connectivity index (χ1) is 14.5. The molecule has 4 rings (SSSR count). The maximum absolute atomic E-state index is 12.2. The molecule has 0 aliphatic carbocycles. The first-order valence-corrected chi connectivity index (χ1v) is 11.0. The molecule has 0 spiro atoms. The largest absolute Gasteiger partial charge is 0.338 e. The Labute approximate surface area is 174 Å². The number of nitrogens with one attached hydrogen (secondary N) is 2. The summed E-state index contributed by atoms with van der Waals surface area (Å²) >= 11 is 0. The molecule has 1 amide bonds. The van der Waals surface area contributed by atoms with Crippen molar-refractivity contribution < 1.29 is 17.7 Å². The minimum atomic E-state index is -3.59. The summed E-state index contributed by atoms with van der Waals surface area (Å²) in [5, 5.41) is 6.62. The molecule has 0 saturated carbocycles. The van der Waals surface area contributed by atoms with Gasteiger partial charge in [0.25, 0.3) is 10.0 Å². The number of amides is 1. The fourth-order valence-electron chi connectivity index (χ4n) is 3.10. The van der Waals surface area contributed by atoms with Crippen molar-refractivity contribution in [1.29, 1.82) is 0 Å². The molecular formula is C21H20N4O4S. The molecule has 2 N–H and O–H groups in total. The van der Waals surface area contributed by atoms with Gasteiger partial charge in [-0.05, 0) is 24.1 Å². The van der Waals surface area contributed by atoms with Gasteiger partial charge in [-0.1, -0.05) is 48.5 Å². The maximum Gasteiger partial charge on any atom is 0.263 e. The molecule has 2 aromatic carbocycles. The molecule has 0 fully saturated rings. The predicted octanol–water partition coefficient (Wildman–Crippen LogP) is 2.97. The quantitative estimate of drug-likeness (QED) is 0.631. The molecule has 9 heteroatoms. The number of carbonyl (C=O) groups is 1. The van der Waals surface area contributed by atoms with Crippen molar-refractivity contribution in [3.63, 3.8) is 0 Å². The van der Waals surface area contributed by atoms with E-state index in [2.05, 4.69) is 27.1 Å². The van der Waals surface area contributed by atoms with Crippen LogP contribution < -0.4 is 10.0 Å². The fourth-order valence-corrected chi connectivity index (χ4v) is 4.35. The summed E-state index contributed by atoms with van der Waals surface area (Å²) < 4.78 is 31.7. The van der Waals surface area contributed by atoms with Crippen LogP contribution in [0.2, 0.25) is 0 Å². The average molecular weight is 424 g/mol. The highest BCUT2D eigenvalue weighted by Crippen LogP contribution is 2.23. The number of sulfonamides is 1. The Hall–Kier alpha value is -3.46. The van der Waals surface area contributed by atoms with E-state index in [1.165, 1.54) is 11.6 Å². The number of aryl methyl sites for hydroxylation is 1. The third kappa shape index (κ3) is 4.11. The number of hydrogen-bond acceptors (Lipinski definition) is 6. The van der Waals surface area contributed by atoms with Crippen LogP contribution in [0.25, 0.3) is 11.3 Å². The fraction of sp³-hybridized carbons (Fsp3) is 0.190. The molecule has 0 unspecified atom stereocenters. The van der Waals surface area contributed by atoms with Gasteiger partial charge in [-0.2, -0.15) is 0 Å². The molecular weight excluding hydrogens is 404 g/mol. The van der Waals surface area contributed by atoms with E-state index >= 15 is 0 Å². The Morgan fingerprint density at radius 1 is 1.17 bits per heavy atom. The molecule has 2 heterocycles. The molecule has 1 aliphatic heterocycles. The van der Waals surface area contributed by atoms with Gasteiger partial charge in [0.2, 0.25) is 11.8 Å². The summed E-state index contributed by atoms with van der Waals surface area (Å²) in [5.41, 5.74) is 3.26. The van der Waals surface area contributed by atoms with Crippen molar-refractivity contribution in [3.8, 4) is 11.3 Å². The molecule has 0 saturated heterocycles. The van der Waals surface area contributed by atoms with Gasteiger partial charge in [0, 0.05) is 23.6 Å². The number of rotatable bonds is 6. The third-order valence-electron chi connectivity index (χ3n) is 4.70. The van der Waals surface area contributed by atoms with Crippen LogP contribution in [-0.4, -0.2) is 31.9 Å². The molecule has 3 aromatic rings. The Balaban J connectivity index is 1.36. The normalized spacial score (nSPS) is 15.6. The number of amidine groups is 1. The zero-order chi connectivity index (χ0) is 21.1. The van der Waals surface area contributed by atoms with E-state index in [9.17, 15) is 13.2 Å². The highest BCUT2D eigenvalue weighted by Gasteiger charge is 2.29. The second-order valence-electron chi connectivity index (χ2n) is 6.76. The first kappa shape index (κ1) is 19.8. The smallest absolute Gasteiger partial charge is 0.263 e. The molecule has 154 valence electrons. The molecule has 0 atom stereocenters. The third-order valence-corrected chi connectivity index (χ3v) is 6.10. The second kappa shape index (κ2) is 8.11. The second-order valence-corrected chi connectivity index (χ2v) is 8.41. The minimum absolute atomic E-state index is 0.0641. The van der Waals surface area contributed by atoms with Gasteiger partial charge in [0.05, 0.1) is 11.4 Å². The Morgan fingerprint density at radius 3 is 2.70 bits per heavy atom. The molecule has 1 aliphatic rings. The Bertz CT molecular complexity index is 1210. The van der Waals surface area contributed by atoms with Crippen LogP contribution in [0.15, 0.2) is 69.0 Å². The van der Waals surface area contributed by atoms with E-state index in [1.54, 1.807) is 24.3 Å². The van der Waals surface area contributed by atoms with E-state index < -0.39 is 10.0 Å². The zero-order valence-electron chi connectivity index (χ0n) is 16.3. The number of benzene rings is 2. The topological polar surface area (TPSA) is 114 Å². The Morgan fingerprint density at radius 2 is 1.93 bits per heavy atom. The lowest BCUT2D eigenvalue weighted by molar-refractivity contribution is -0.116. The Kier molecular flexibility index (Phi) is 5.37. The first-order valence-electron chi connectivity index (χ1n) is 9.49. The molecule has 0 radical (unpaired) electrons. The van der Waals surface area contributed by atoms with E-state index in [4.69, 9.17) is 4.52 Å². The number of fused-ring (bicyclic) bond motifs is 1. The highest BCUT2D eigenvalue weighted by molar-refractivity contribution is 7.90. The lowest BCUT2D eigenvalue weighted by Gasteiger charge is -2.00. The number of anilines is 1. The van der Waals surface area contributed by atoms with Crippen molar-refractivity contribution in [1.82, 2.24) is 9.88 Å². The highest BCUT2D eigenvalue weighted by atomic mass is 32.2. The zero-order valence-corrected chi connectivity index (χ0v) is 17.1. The van der Waals surface area contributed by atoms with Crippen LogP contribution in [0.4, 0.5) is 5.88 Å². The van der Waals surface area contributed by atoms with Gasteiger partial charge in [0.1, 0.15) is 11.5 Å². The van der Waals surface area contributed by atoms with Crippen LogP contribution in [0.3, 0.4) is 0 Å². The number of hydrogen-bond donors (Lipinski definition) is 2. The summed E-state index contributed by atoms with van der Waals surface area (Å²) in [6.07, 6.45) is 1.02. The lowest BCUT2D eigenvalue weighted by atomic mass is 10.1. The van der Waals surface area contributed by atoms with Crippen molar-refractivity contribution in [2.75, 3.05) is 11.9 Å². The standard InChI is InChI=1S/C21H20N4O4S/c1-2-14-7-9-15(10-8-14)17-13-20(29-24-17)23-19(26)11-12-22-21-16-5-3-4-6-18(16)30(27,28)25-21/h3-10,13H,2,11-12H2,1H3,(H,22,25)(H,23,26). The number of nitrogens with zero attached hydrogens (tertiary/aromatic N) is 2. The maximum atomic E-state index is 12.2. The van der Waals surface area contributed by atoms with Crippen LogP contribution in [0.1, 0.15) is 24.5 Å². The summed E-state index contributed by atoms with van der Waals surface area (Å²) in [4.78, 5) is 16.6. The molecule has 1 aromatic heterocycles. The van der Waals surface area contributed by atoms with Gasteiger partial charge in [-0.15, -0.1) is 0 Å². The molecule has 30 heavy (non-hydrogen) atoms. The van der Waals surface area contributed by atoms with E-state index in [1.807, 2.05) is 24.3 Å². The summed E-state index contributed by atoms with van der Waals surface area (Å²) in [7, 11) is -3.59. The average Bonchev–Trinajstić information content (AvgIpc) is 3.31. The van der Waals surface area contributed by atoms with Crippen LogP contribution in [0.5, 0.6) is 0 Å². The van der Waals surface area contributed by atoms with Gasteiger partial charge in [-0.25, -0.2) is 8.42 Å². The summed E-state index contributed by atoms with van der Waals surface area (Å²) in [6.45, 7) is 2.21. The van der Waals surface area contributed by atoms with E-state index in [0.29, 0.717) is 11.3 Å². The number of aromatic nitrogens is 1.